The average Bonchev–Trinajstić information content (AvgIpc) is 2.90. The molecule has 1 heterocycles. The third-order valence-electron chi connectivity index (χ3n) is 6.37. The van der Waals surface area contributed by atoms with E-state index in [2.05, 4.69) is 26.1 Å². The molecule has 1 aliphatic heterocycles. The van der Waals surface area contributed by atoms with E-state index in [-0.39, 0.29) is 21.4 Å². The molecule has 0 unspecified atom stereocenters. The van der Waals surface area contributed by atoms with Crippen molar-refractivity contribution in [3.8, 4) is 0 Å². The van der Waals surface area contributed by atoms with Gasteiger partial charge in [0, 0.05) is 52.9 Å². The summed E-state index contributed by atoms with van der Waals surface area (Å²) in [5.41, 5.74) is 0.797. The smallest absolute Gasteiger partial charge is 0.243 e. The van der Waals surface area contributed by atoms with Crippen molar-refractivity contribution < 1.29 is 21.6 Å². The molecule has 14 heteroatoms. The first-order valence-corrected chi connectivity index (χ1v) is 16.6. The topological polar surface area (TPSA) is 107 Å². The maximum absolute atomic E-state index is 13.5. The van der Waals surface area contributed by atoms with Gasteiger partial charge in [-0.15, -0.1) is 0 Å². The van der Waals surface area contributed by atoms with Gasteiger partial charge in [-0.3, -0.25) is 4.79 Å². The first kappa shape index (κ1) is 30.9. The molecule has 1 amide bonds. The monoisotopic (exact) mass is 688 g/mol. The zero-order chi connectivity index (χ0) is 29.1. The largest absolute Gasteiger partial charge is 0.325 e. The lowest BCUT2D eigenvalue weighted by atomic mass is 10.2. The molecule has 1 fully saturated rings. The number of sulfonamides is 2. The summed E-state index contributed by atoms with van der Waals surface area (Å²) in [6.45, 7) is 1.40. The number of carbonyl (C=O) groups is 1. The highest BCUT2D eigenvalue weighted by Gasteiger charge is 2.29. The van der Waals surface area contributed by atoms with Crippen LogP contribution in [0, 0.1) is 0 Å². The number of carbonyl (C=O) groups excluding carboxylic acids is 1. The Hall–Kier alpha value is -2.03. The number of benzene rings is 3. The van der Waals surface area contributed by atoms with E-state index in [1.807, 2.05) is 7.05 Å². The molecule has 4 rings (SSSR count). The van der Waals surface area contributed by atoms with Crippen molar-refractivity contribution in [1.29, 1.82) is 0 Å². The van der Waals surface area contributed by atoms with Crippen LogP contribution in [0.15, 0.2) is 81.0 Å². The van der Waals surface area contributed by atoms with E-state index < -0.39 is 32.5 Å². The number of anilines is 1. The lowest BCUT2D eigenvalue weighted by Crippen LogP contribution is -2.46. The summed E-state index contributed by atoms with van der Waals surface area (Å²) in [4.78, 5) is 15.2. The van der Waals surface area contributed by atoms with E-state index in [4.69, 9.17) is 23.2 Å². The average molecular weight is 690 g/mol. The number of rotatable bonds is 9. The second-order valence-electron chi connectivity index (χ2n) is 9.24. The molecule has 1 N–H and O–H groups in total. The molecule has 1 aliphatic rings. The number of hydrogen-bond acceptors (Lipinski definition) is 6. The summed E-state index contributed by atoms with van der Waals surface area (Å²) < 4.78 is 56.2. The van der Waals surface area contributed by atoms with Crippen molar-refractivity contribution in [1.82, 2.24) is 13.5 Å². The lowest BCUT2D eigenvalue weighted by molar-refractivity contribution is -0.116. The minimum Gasteiger partial charge on any atom is -0.325 e. The Kier molecular flexibility index (Phi) is 9.95. The van der Waals surface area contributed by atoms with Crippen molar-refractivity contribution in [2.24, 2.45) is 0 Å². The van der Waals surface area contributed by atoms with Crippen LogP contribution in [0.3, 0.4) is 0 Å². The van der Waals surface area contributed by atoms with Crippen molar-refractivity contribution in [2.75, 3.05) is 45.1 Å². The van der Waals surface area contributed by atoms with Gasteiger partial charge in [0.05, 0.1) is 16.3 Å². The fraction of sp³-hybridized carbons (Fsp3) is 0.269. The maximum atomic E-state index is 13.5. The van der Waals surface area contributed by atoms with E-state index in [9.17, 15) is 21.6 Å². The molecule has 3 aromatic carbocycles. The Bertz CT molecular complexity index is 1580. The third kappa shape index (κ3) is 7.42. The summed E-state index contributed by atoms with van der Waals surface area (Å²) in [5, 5.41) is 3.32. The molecule has 0 saturated carbocycles. The van der Waals surface area contributed by atoms with Crippen LogP contribution >= 0.6 is 39.1 Å². The van der Waals surface area contributed by atoms with E-state index in [1.54, 1.807) is 24.3 Å². The van der Waals surface area contributed by atoms with E-state index >= 15 is 0 Å². The Balaban J connectivity index is 1.52. The van der Waals surface area contributed by atoms with Gasteiger partial charge < -0.3 is 10.2 Å². The molecular formula is C26H27BrCl2N4O5S2. The lowest BCUT2D eigenvalue weighted by Gasteiger charge is -2.31. The molecular weight excluding hydrogens is 663 g/mol. The van der Waals surface area contributed by atoms with E-state index in [1.165, 1.54) is 46.8 Å². The van der Waals surface area contributed by atoms with Crippen molar-refractivity contribution in [2.45, 2.75) is 16.3 Å². The van der Waals surface area contributed by atoms with Gasteiger partial charge in [-0.05, 0) is 73.3 Å². The maximum Gasteiger partial charge on any atom is 0.243 e. The van der Waals surface area contributed by atoms with Gasteiger partial charge in [0.15, 0.2) is 0 Å². The van der Waals surface area contributed by atoms with Crippen LogP contribution in [0.1, 0.15) is 5.56 Å². The van der Waals surface area contributed by atoms with Crippen molar-refractivity contribution >= 4 is 70.8 Å². The van der Waals surface area contributed by atoms with Gasteiger partial charge >= 0.3 is 0 Å². The zero-order valence-corrected chi connectivity index (χ0v) is 26.2. The predicted octanol–water partition coefficient (Wildman–Crippen LogP) is 4.52. The molecule has 0 radical (unpaired) electrons. The number of halogens is 3. The molecule has 0 aromatic heterocycles. The van der Waals surface area contributed by atoms with Crippen LogP contribution < -0.4 is 5.32 Å². The number of nitrogens with one attached hydrogen (secondary N) is 1. The normalized spacial score (nSPS) is 15.3. The van der Waals surface area contributed by atoms with E-state index in [0.29, 0.717) is 46.9 Å². The van der Waals surface area contributed by atoms with Crippen LogP contribution in [0.5, 0.6) is 0 Å². The van der Waals surface area contributed by atoms with Crippen LogP contribution in [0.25, 0.3) is 0 Å². The van der Waals surface area contributed by atoms with Gasteiger partial charge in [-0.25, -0.2) is 16.8 Å². The van der Waals surface area contributed by atoms with Gasteiger partial charge in [0.1, 0.15) is 0 Å². The minimum atomic E-state index is -4.10. The number of nitrogens with zero attached hydrogens (tertiary/aromatic N) is 3. The molecule has 0 bridgehead atoms. The van der Waals surface area contributed by atoms with Crippen molar-refractivity contribution in [3.05, 3.63) is 86.8 Å². The van der Waals surface area contributed by atoms with Crippen LogP contribution in [-0.4, -0.2) is 76.0 Å². The molecule has 0 spiro atoms. The number of likely N-dealkylation sites (N-methyl/N-ethyl adjacent to an activating group) is 1. The first-order valence-electron chi connectivity index (χ1n) is 12.1. The van der Waals surface area contributed by atoms with Gasteiger partial charge in [-0.1, -0.05) is 45.2 Å². The minimum absolute atomic E-state index is 0.00653. The number of hydrogen-bond donors (Lipinski definition) is 1. The summed E-state index contributed by atoms with van der Waals surface area (Å²) in [7, 11) is -5.82. The fourth-order valence-corrected chi connectivity index (χ4v) is 7.60. The molecule has 0 atom stereocenters. The highest BCUT2D eigenvalue weighted by Crippen LogP contribution is 2.26. The standard InChI is InChI=1S/C26H27BrCl2N4O5S2/c1-31-12-14-32(15-13-31)39(35,36)24-10-6-22(7-11-24)30-26(34)18-33(17-19-2-5-21(28)16-25(19)29)40(37,38)23-8-3-20(27)4-9-23/h2-11,16H,12-15,17-18H2,1H3,(H,30,34). The number of piperazine rings is 1. The van der Waals surface area contributed by atoms with Gasteiger partial charge in [-0.2, -0.15) is 8.61 Å². The third-order valence-corrected chi connectivity index (χ3v) is 11.2. The molecule has 3 aromatic rings. The van der Waals surface area contributed by atoms with E-state index in [0.717, 1.165) is 4.31 Å². The summed E-state index contributed by atoms with van der Waals surface area (Å²) in [5.74, 6) is -0.611. The van der Waals surface area contributed by atoms with Crippen LogP contribution in [-0.2, 0) is 31.4 Å². The molecule has 0 aliphatic carbocycles. The Labute approximate surface area is 252 Å². The molecule has 40 heavy (non-hydrogen) atoms. The summed E-state index contributed by atoms with van der Waals surface area (Å²) in [6, 6.07) is 16.6. The SMILES string of the molecule is CN1CCN(S(=O)(=O)c2ccc(NC(=O)CN(Cc3ccc(Cl)cc3Cl)S(=O)(=O)c3ccc(Br)cc3)cc2)CC1. The Morgan fingerprint density at radius 2 is 1.50 bits per heavy atom. The molecule has 1 saturated heterocycles. The fourth-order valence-electron chi connectivity index (χ4n) is 4.07. The van der Waals surface area contributed by atoms with Gasteiger partial charge in [0.2, 0.25) is 26.0 Å². The molecule has 214 valence electrons. The second-order valence-corrected chi connectivity index (χ2v) is 14.9. The summed E-state index contributed by atoms with van der Waals surface area (Å²) >= 11 is 15.6. The van der Waals surface area contributed by atoms with Gasteiger partial charge in [0.25, 0.3) is 0 Å². The molecule has 9 nitrogen and oxygen atoms in total. The zero-order valence-electron chi connectivity index (χ0n) is 21.4. The highest BCUT2D eigenvalue weighted by molar-refractivity contribution is 9.10. The predicted molar refractivity (Wildman–Crippen MR) is 160 cm³/mol. The highest BCUT2D eigenvalue weighted by atomic mass is 79.9. The number of amides is 1. The van der Waals surface area contributed by atoms with Crippen molar-refractivity contribution in [3.63, 3.8) is 0 Å². The Morgan fingerprint density at radius 1 is 0.900 bits per heavy atom. The quantitative estimate of drug-likeness (QED) is 0.354. The Morgan fingerprint density at radius 3 is 2.10 bits per heavy atom. The second kappa shape index (κ2) is 12.9. The summed E-state index contributed by atoms with van der Waals surface area (Å²) in [6.07, 6.45) is 0. The first-order chi connectivity index (χ1) is 18.9. The van der Waals surface area contributed by atoms with Crippen LogP contribution in [0.2, 0.25) is 10.0 Å². The van der Waals surface area contributed by atoms with Crippen LogP contribution in [0.4, 0.5) is 5.69 Å².